The third kappa shape index (κ3) is 25.0. The first-order valence-electron chi connectivity index (χ1n) is 44.3. The maximum absolute atomic E-state index is 15.4. The number of allylic oxidation sites excluding steroid dienone is 3. The van der Waals surface area contributed by atoms with Gasteiger partial charge in [0.05, 0.1) is 51.5 Å². The van der Waals surface area contributed by atoms with Gasteiger partial charge < -0.3 is 82.3 Å². The molecule has 8 amide bonds. The van der Waals surface area contributed by atoms with Crippen LogP contribution in [0.15, 0.2) is 115 Å². The Bertz CT molecular complexity index is 4800. The second-order valence-corrected chi connectivity index (χ2v) is 52.6. The number of hydrazine groups is 1. The Morgan fingerprint density at radius 1 is 0.732 bits per heavy atom. The topological polar surface area (TPSA) is 345 Å². The van der Waals surface area contributed by atoms with E-state index in [9.17, 15) is 53.1 Å². The summed E-state index contributed by atoms with van der Waals surface area (Å²) in [6.45, 7) is 28.8. The summed E-state index contributed by atoms with van der Waals surface area (Å²) in [6.07, 6.45) is 1.42. The van der Waals surface area contributed by atoms with Crippen molar-refractivity contribution in [3.8, 4) is 16.9 Å². The molecule has 6 N–H and O–H groups in total. The predicted octanol–water partition coefficient (Wildman–Crippen LogP) is 13.1. The lowest BCUT2D eigenvalue weighted by Gasteiger charge is -2.42. The van der Waals surface area contributed by atoms with Crippen LogP contribution in [0.1, 0.15) is 162 Å². The minimum absolute atomic E-state index is 0.0277. The summed E-state index contributed by atoms with van der Waals surface area (Å²) < 4.78 is 38.1. The van der Waals surface area contributed by atoms with E-state index >= 15 is 9.59 Å². The molecule has 0 spiro atoms. The van der Waals surface area contributed by atoms with Crippen LogP contribution in [0.25, 0.3) is 22.0 Å². The lowest BCUT2D eigenvalue weighted by Crippen LogP contribution is -2.63. The summed E-state index contributed by atoms with van der Waals surface area (Å²) in [5.74, 6) is -4.67. The summed E-state index contributed by atoms with van der Waals surface area (Å²) in [4.78, 5) is 173. The fourth-order valence-corrected chi connectivity index (χ4v) is 19.2. The highest BCUT2D eigenvalue weighted by atomic mass is 35.5. The van der Waals surface area contributed by atoms with Gasteiger partial charge in [-0.2, -0.15) is 0 Å². The van der Waals surface area contributed by atoms with Gasteiger partial charge in [0.15, 0.2) is 30.7 Å². The summed E-state index contributed by atoms with van der Waals surface area (Å²) in [7, 11) is 0.866. The molecular formula is C94H139ClN10O19Si3. The standard InChI is InChI=1S/C94H139ClN10O19Si3/c1-62-33-29-40-77(120-16)94(115)56-76(122-88(113)97-94)63(2)86-93(10,124-86)78(55-81(108)100(13)74-52-65(51-62)53-75(119-15)85(74)95)123-87(112)64(3)99(12)80(107)42-49-102(46-30-43-90(4,5)125(17,18)116)83(110)59-104(48-32-45-92(8,9)127(21,22)118)84(111)60-103(47-31-44-91(6,7)126(19,20)117)82(109)57-96-79(106)41-50-105-67(54-66-34-23-28-39-73(66)105)58-98(11)101(14)89(114)121-61-72-70-37-26-24-35-68(70)69-36-25-27-38-71(69)72/h23-29,33-40,52-54,63-64,72,76-78,86,115-118H,30-32,41-51,55-61H2,1-22H3,(H,96,106)(H,97,113)/b40-29+,62-33+/t63-,64+,76+,77-,78+,86?,93+,94+/m1/s1. The van der Waals surface area contributed by atoms with Crippen molar-refractivity contribution < 1.29 is 91.1 Å². The van der Waals surface area contributed by atoms with Crippen LogP contribution in [0.5, 0.6) is 5.75 Å². The number of carbonyl (C=O) groups is 9. The number of amides is 8. The number of epoxide rings is 1. The molecule has 698 valence electrons. The Labute approximate surface area is 758 Å². The number of hydrogen-bond acceptors (Lipinski definition) is 20. The van der Waals surface area contributed by atoms with E-state index in [0.717, 1.165) is 50.0 Å². The fraction of sp³-hybridized carbons (Fsp3) is 0.585. The Hall–Kier alpha value is -8.81. The van der Waals surface area contributed by atoms with Crippen molar-refractivity contribution in [3.63, 3.8) is 0 Å². The molecule has 1 unspecified atom stereocenters. The molecule has 127 heavy (non-hydrogen) atoms. The number of nitrogens with one attached hydrogen (secondary N) is 2. The number of halogens is 1. The molecular weight excluding hydrogens is 1690 g/mol. The normalized spacial score (nSPS) is 21.0. The number of carbonyl (C=O) groups excluding carboxylic acids is 9. The van der Waals surface area contributed by atoms with E-state index in [0.29, 0.717) is 56.4 Å². The van der Waals surface area contributed by atoms with Crippen molar-refractivity contribution in [2.75, 3.05) is 99.7 Å². The van der Waals surface area contributed by atoms with Gasteiger partial charge in [-0.15, -0.1) is 0 Å². The third-order valence-electron chi connectivity index (χ3n) is 27.9. The van der Waals surface area contributed by atoms with Gasteiger partial charge in [0.1, 0.15) is 47.3 Å². The molecule has 2 saturated heterocycles. The Morgan fingerprint density at radius 3 is 1.84 bits per heavy atom. The zero-order valence-electron chi connectivity index (χ0n) is 78.7. The maximum Gasteiger partial charge on any atom is 0.424 e. The van der Waals surface area contributed by atoms with Crippen molar-refractivity contribution in [2.24, 2.45) is 5.92 Å². The van der Waals surface area contributed by atoms with Crippen molar-refractivity contribution >= 4 is 107 Å². The second kappa shape index (κ2) is 42.0. The maximum atomic E-state index is 15.4. The van der Waals surface area contributed by atoms with Crippen LogP contribution < -0.4 is 20.3 Å². The lowest BCUT2D eigenvalue weighted by molar-refractivity contribution is -0.162. The highest BCUT2D eigenvalue weighted by Crippen LogP contribution is 2.51. The molecule has 3 aliphatic heterocycles. The van der Waals surface area contributed by atoms with E-state index in [-0.39, 0.29) is 76.1 Å². The molecule has 4 heterocycles. The van der Waals surface area contributed by atoms with Gasteiger partial charge in [-0.05, 0) is 178 Å². The number of anilines is 1. The van der Waals surface area contributed by atoms with Gasteiger partial charge in [-0.1, -0.05) is 151 Å². The summed E-state index contributed by atoms with van der Waals surface area (Å²) >= 11 is 6.97. The molecule has 29 nitrogen and oxygen atoms in total. The number of ether oxygens (including phenoxy) is 6. The van der Waals surface area contributed by atoms with Crippen LogP contribution >= 0.6 is 11.6 Å². The van der Waals surface area contributed by atoms with E-state index < -0.39 is 167 Å². The highest BCUT2D eigenvalue weighted by Gasteiger charge is 2.65. The SMILES string of the molecule is COc1cc2cc(c1Cl)N(C)C(=O)C[C@H](OC(=O)[C@H](C)N(C)C(=O)CCN(CCCC(C)(C)[Si](C)(C)O)C(=O)CN(CCCC(C)(C)[Si](C)(C)O)C(=O)CN(CCCC(C)(C)[Si](C)(C)O)C(=O)CNC(=O)CCn1c(CN(C)N(C)C(=O)OCC3c4ccccc4-c4ccccc43)cc3ccccc31)[C@]1(C)OC1[C@H](C)[C@@H]1C[C@@](O)(NC(=O)O1)[C@H](OC)/C=C/C=C(\C)C2. The van der Waals surface area contributed by atoms with Crippen LogP contribution in [0.4, 0.5) is 15.3 Å². The first kappa shape index (κ1) is 102. The summed E-state index contributed by atoms with van der Waals surface area (Å²) in [6, 6.07) is 28.2. The molecule has 9 rings (SSSR count). The van der Waals surface area contributed by atoms with Gasteiger partial charge in [-0.3, -0.25) is 34.1 Å². The van der Waals surface area contributed by atoms with Crippen molar-refractivity contribution in [1.29, 1.82) is 0 Å². The predicted molar refractivity (Wildman–Crippen MR) is 498 cm³/mol. The first-order chi connectivity index (χ1) is 59.3. The van der Waals surface area contributed by atoms with Gasteiger partial charge in [0.2, 0.25) is 35.4 Å². The molecule has 2 fully saturated rings. The first-order valence-corrected chi connectivity index (χ1v) is 53.5. The lowest BCUT2D eigenvalue weighted by atomic mass is 9.83. The Balaban J connectivity index is 0.917. The minimum Gasteiger partial charge on any atom is -0.495 e. The van der Waals surface area contributed by atoms with E-state index in [1.165, 1.54) is 64.7 Å². The van der Waals surface area contributed by atoms with E-state index in [1.807, 2.05) is 153 Å². The van der Waals surface area contributed by atoms with Gasteiger partial charge in [-0.25, -0.2) is 24.4 Å². The average Bonchev–Trinajstić information content (AvgIpc) is 1.57. The fourth-order valence-electron chi connectivity index (χ4n) is 16.6. The average molecular weight is 1830 g/mol. The second-order valence-electron chi connectivity index (χ2n) is 38.8. The summed E-state index contributed by atoms with van der Waals surface area (Å²) in [5.41, 5.74) is 4.61. The van der Waals surface area contributed by atoms with Gasteiger partial charge in [0.25, 0.3) is 0 Å². The number of rotatable bonds is 37. The van der Waals surface area contributed by atoms with Crippen molar-refractivity contribution in [3.05, 3.63) is 142 Å². The zero-order chi connectivity index (χ0) is 94.0. The largest absolute Gasteiger partial charge is 0.495 e. The van der Waals surface area contributed by atoms with Crippen LogP contribution in [-0.2, 0) is 76.8 Å². The number of methoxy groups -OCH3 is 2. The third-order valence-corrected chi connectivity index (χ3v) is 39.0. The monoisotopic (exact) mass is 1830 g/mol. The number of alkyl carbamates (subject to hydrolysis) is 1. The van der Waals surface area contributed by atoms with Gasteiger partial charge >= 0.3 is 18.2 Å². The number of aryl methyl sites for hydroxylation is 1. The molecule has 0 saturated carbocycles. The Kier molecular flexibility index (Phi) is 33.7. The number of nitrogens with zero attached hydrogens (tertiary/aromatic N) is 8. The molecule has 8 atom stereocenters. The number of aliphatic hydroxyl groups is 1. The molecule has 33 heteroatoms. The molecule has 4 aromatic carbocycles. The molecule has 4 bridgehead atoms. The molecule has 5 aromatic rings. The smallest absolute Gasteiger partial charge is 0.424 e. The zero-order valence-corrected chi connectivity index (χ0v) is 82.4. The molecule has 1 aliphatic carbocycles. The van der Waals surface area contributed by atoms with Gasteiger partial charge in [0, 0.05) is 110 Å². The van der Waals surface area contributed by atoms with E-state index in [2.05, 4.69) is 34.9 Å². The van der Waals surface area contributed by atoms with Crippen LogP contribution in [0.3, 0.4) is 0 Å². The van der Waals surface area contributed by atoms with E-state index in [4.69, 9.17) is 40.0 Å². The minimum atomic E-state index is -2.81. The van der Waals surface area contributed by atoms with Crippen LogP contribution in [0, 0.1) is 5.92 Å². The van der Waals surface area contributed by atoms with Crippen molar-refractivity contribution in [2.45, 2.75) is 255 Å². The van der Waals surface area contributed by atoms with E-state index in [1.54, 1.807) is 57.2 Å². The number of benzene rings is 4. The summed E-state index contributed by atoms with van der Waals surface area (Å²) in [5, 5.41) is 20.1. The molecule has 0 radical (unpaired) electrons. The number of aromatic nitrogens is 1. The number of fused-ring (bicyclic) bond motifs is 9. The highest BCUT2D eigenvalue weighted by molar-refractivity contribution is 6.73. The number of likely N-dealkylation sites (N-methyl/N-ethyl adjacent to an activating group) is 1. The quantitative estimate of drug-likeness (QED) is 0.00707. The number of esters is 1. The number of para-hydroxylation sites is 1. The molecule has 1 aromatic heterocycles. The van der Waals surface area contributed by atoms with Crippen LogP contribution in [0.2, 0.25) is 59.4 Å². The molecule has 4 aliphatic rings. The Morgan fingerprint density at radius 2 is 1.28 bits per heavy atom. The number of hydrogen-bond donors (Lipinski definition) is 6. The van der Waals surface area contributed by atoms with Crippen molar-refractivity contribution in [1.82, 2.24) is 44.8 Å². The van der Waals surface area contributed by atoms with Crippen LogP contribution in [-0.4, -0.2) is 269 Å².